The summed E-state index contributed by atoms with van der Waals surface area (Å²) in [7, 11) is 0. The van der Waals surface area contributed by atoms with E-state index in [1.54, 1.807) is 12.4 Å². The third-order valence-corrected chi connectivity index (χ3v) is 9.47. The summed E-state index contributed by atoms with van der Waals surface area (Å²) in [5.74, 6) is -1.22. The summed E-state index contributed by atoms with van der Waals surface area (Å²) in [6, 6.07) is 15.0. The number of amides is 2. The van der Waals surface area contributed by atoms with E-state index in [2.05, 4.69) is 25.6 Å². The molecule has 4 N–H and O–H groups in total. The van der Waals surface area contributed by atoms with Gasteiger partial charge in [-0.15, -0.1) is 0 Å². The van der Waals surface area contributed by atoms with Gasteiger partial charge in [-0.2, -0.15) is 0 Å². The van der Waals surface area contributed by atoms with Crippen LogP contribution in [0, 0.1) is 5.82 Å². The first-order valence-electron chi connectivity index (χ1n) is 14.6. The summed E-state index contributed by atoms with van der Waals surface area (Å²) in [5, 5.41) is 27.4. The number of hydroxylamine groups is 2. The second-order valence-corrected chi connectivity index (χ2v) is 13.0. The zero-order chi connectivity index (χ0) is 31.8. The Balaban J connectivity index is 1.17. The van der Waals surface area contributed by atoms with Crippen LogP contribution in [0.4, 0.5) is 25.8 Å². The van der Waals surface area contributed by atoms with Gasteiger partial charge in [0.2, 0.25) is 0 Å². The molecule has 0 aliphatic carbocycles. The number of hydrogen-bond acceptors (Lipinski definition) is 10. The topological polar surface area (TPSA) is 144 Å². The number of likely N-dealkylation sites (tertiary alicyclic amines) is 1. The lowest BCUT2D eigenvalue weighted by molar-refractivity contribution is -0.0630. The van der Waals surface area contributed by atoms with E-state index in [9.17, 15) is 14.8 Å². The zero-order valence-electron chi connectivity index (χ0n) is 24.6. The minimum Gasteiger partial charge on any atom is -0.465 e. The number of thiazole rings is 1. The fourth-order valence-corrected chi connectivity index (χ4v) is 6.96. The molecule has 0 spiro atoms. The van der Waals surface area contributed by atoms with Crippen LogP contribution < -0.4 is 10.6 Å². The number of benzene rings is 1. The van der Waals surface area contributed by atoms with E-state index in [0.29, 0.717) is 33.3 Å². The van der Waals surface area contributed by atoms with E-state index in [0.717, 1.165) is 48.7 Å². The highest BCUT2D eigenvalue weighted by Gasteiger charge is 2.26. The van der Waals surface area contributed by atoms with Crippen LogP contribution in [0.1, 0.15) is 54.6 Å². The number of nitrogens with one attached hydrogen (secondary N) is 2. The van der Waals surface area contributed by atoms with E-state index in [4.69, 9.17) is 5.11 Å². The highest BCUT2D eigenvalue weighted by atomic mass is 32.2. The Labute approximate surface area is 268 Å². The first kappa shape index (κ1) is 32.1. The van der Waals surface area contributed by atoms with Crippen LogP contribution in [0.2, 0.25) is 0 Å². The van der Waals surface area contributed by atoms with Crippen molar-refractivity contribution in [3.05, 3.63) is 84.2 Å². The molecule has 1 fully saturated rings. The van der Waals surface area contributed by atoms with Crippen molar-refractivity contribution in [3.8, 4) is 0 Å². The van der Waals surface area contributed by atoms with Crippen molar-refractivity contribution < 1.29 is 24.3 Å². The lowest BCUT2D eigenvalue weighted by Crippen LogP contribution is -2.41. The predicted octanol–water partition coefficient (Wildman–Crippen LogP) is 6.94. The molecule has 2 amide bonds. The third kappa shape index (κ3) is 8.47. The largest absolute Gasteiger partial charge is 0.465 e. The molecule has 11 nitrogen and oxygen atoms in total. The standard InChI is InChI=1S/C31H34FN7O4S2/c1-2-6-21(20-7-4-3-5-8-20)19-39(43)29(40)28-27(32)24(11-14-33-28)44-26-18-35-30(45-26)37-25-10-9-23(17-34-25)36-22-12-15-38(16-13-22)31(41)42/h3-5,7-11,14,17-18,21-22,36,43H,2,6,12-13,15-16,19H2,1H3,(H,41,42)(H,34,35,37). The smallest absolute Gasteiger partial charge is 0.407 e. The fourth-order valence-electron chi connectivity index (χ4n) is 5.09. The van der Waals surface area contributed by atoms with Crippen molar-refractivity contribution in [3.63, 3.8) is 0 Å². The lowest BCUT2D eigenvalue weighted by Gasteiger charge is -2.30. The highest BCUT2D eigenvalue weighted by molar-refractivity contribution is 8.01. The van der Waals surface area contributed by atoms with Crippen molar-refractivity contribution in [2.24, 2.45) is 0 Å². The molecule has 1 saturated heterocycles. The van der Waals surface area contributed by atoms with Crippen molar-refractivity contribution in [1.82, 2.24) is 24.9 Å². The normalized spacial score (nSPS) is 14.2. The molecule has 5 rings (SSSR count). The molecule has 3 aromatic heterocycles. The molecule has 1 aliphatic heterocycles. The van der Waals surface area contributed by atoms with E-state index < -0.39 is 23.5 Å². The number of carboxylic acid groups (broad SMARTS) is 1. The molecule has 0 radical (unpaired) electrons. The van der Waals surface area contributed by atoms with Crippen LogP contribution >= 0.6 is 23.1 Å². The third-order valence-electron chi connectivity index (χ3n) is 7.42. The number of carbonyl (C=O) groups excluding carboxylic acids is 1. The molecule has 1 unspecified atom stereocenters. The molecule has 236 valence electrons. The molecule has 4 heterocycles. The van der Waals surface area contributed by atoms with E-state index in [1.165, 1.54) is 28.5 Å². The van der Waals surface area contributed by atoms with Gasteiger partial charge in [0.15, 0.2) is 16.6 Å². The van der Waals surface area contributed by atoms with Gasteiger partial charge in [-0.25, -0.2) is 29.2 Å². The second-order valence-electron chi connectivity index (χ2n) is 10.6. The lowest BCUT2D eigenvalue weighted by atomic mass is 9.94. The Bertz CT molecular complexity index is 1580. The number of hydrogen-bond donors (Lipinski definition) is 4. The number of pyridine rings is 2. The molecule has 14 heteroatoms. The van der Waals surface area contributed by atoms with Crippen molar-refractivity contribution in [1.29, 1.82) is 0 Å². The molecule has 1 aliphatic rings. The van der Waals surface area contributed by atoms with Crippen LogP contribution in [0.15, 0.2) is 76.2 Å². The number of anilines is 3. The van der Waals surface area contributed by atoms with Crippen LogP contribution in [-0.4, -0.2) is 72.9 Å². The van der Waals surface area contributed by atoms with E-state index in [1.807, 2.05) is 49.4 Å². The zero-order valence-corrected chi connectivity index (χ0v) is 26.2. The summed E-state index contributed by atoms with van der Waals surface area (Å²) >= 11 is 2.41. The minimum atomic E-state index is -0.895. The van der Waals surface area contributed by atoms with E-state index >= 15 is 4.39 Å². The van der Waals surface area contributed by atoms with Gasteiger partial charge in [0.1, 0.15) is 5.82 Å². The Kier molecular flexibility index (Phi) is 10.8. The number of nitrogens with zero attached hydrogens (tertiary/aromatic N) is 5. The van der Waals surface area contributed by atoms with Crippen molar-refractivity contribution in [2.45, 2.75) is 53.7 Å². The van der Waals surface area contributed by atoms with Crippen molar-refractivity contribution >= 4 is 51.7 Å². The second kappa shape index (κ2) is 15.1. The summed E-state index contributed by atoms with van der Waals surface area (Å²) in [6.07, 6.45) is 6.85. The number of rotatable bonds is 12. The Morgan fingerprint density at radius 1 is 1.11 bits per heavy atom. The Hall–Kier alpha value is -4.27. The molecule has 0 saturated carbocycles. The molecule has 4 aromatic rings. The van der Waals surface area contributed by atoms with Crippen LogP contribution in [-0.2, 0) is 0 Å². The summed E-state index contributed by atoms with van der Waals surface area (Å²) in [6.45, 7) is 3.06. The van der Waals surface area contributed by atoms with Gasteiger partial charge in [-0.3, -0.25) is 10.0 Å². The average molecular weight is 652 g/mol. The molecule has 1 aromatic carbocycles. The fraction of sp³-hybridized carbons (Fsp3) is 0.323. The minimum absolute atomic E-state index is 0.0241. The van der Waals surface area contributed by atoms with Crippen LogP contribution in [0.25, 0.3) is 0 Å². The van der Waals surface area contributed by atoms with Gasteiger partial charge < -0.3 is 20.6 Å². The molecule has 45 heavy (non-hydrogen) atoms. The van der Waals surface area contributed by atoms with Gasteiger partial charge in [0.05, 0.1) is 33.7 Å². The van der Waals surface area contributed by atoms with Crippen LogP contribution in [0.3, 0.4) is 0 Å². The number of aromatic nitrogens is 3. The van der Waals surface area contributed by atoms with Crippen LogP contribution in [0.5, 0.6) is 0 Å². The summed E-state index contributed by atoms with van der Waals surface area (Å²) < 4.78 is 16.2. The van der Waals surface area contributed by atoms with Crippen molar-refractivity contribution in [2.75, 3.05) is 30.3 Å². The maximum absolute atomic E-state index is 15.5. The SMILES string of the molecule is CCCC(CN(O)C(=O)c1nccc(Sc2cnc(Nc3ccc(NC4CCN(C(=O)O)CC4)cn3)s2)c1F)c1ccccc1. The van der Waals surface area contributed by atoms with Gasteiger partial charge >= 0.3 is 6.09 Å². The number of carbonyl (C=O) groups is 2. The number of piperidine rings is 1. The van der Waals surface area contributed by atoms with E-state index in [-0.39, 0.29) is 23.4 Å². The molecular weight excluding hydrogens is 618 g/mol. The quantitative estimate of drug-likeness (QED) is 0.0940. The maximum atomic E-state index is 15.5. The summed E-state index contributed by atoms with van der Waals surface area (Å²) in [5.41, 5.74) is 1.39. The number of halogens is 1. The first-order valence-corrected chi connectivity index (χ1v) is 16.2. The first-order chi connectivity index (χ1) is 21.8. The molecular formula is C31H34FN7O4S2. The average Bonchev–Trinajstić information content (AvgIpc) is 3.49. The molecule has 1 atom stereocenters. The predicted molar refractivity (Wildman–Crippen MR) is 171 cm³/mol. The van der Waals surface area contributed by atoms with Gasteiger partial charge in [-0.05, 0) is 43.0 Å². The highest BCUT2D eigenvalue weighted by Crippen LogP contribution is 2.36. The maximum Gasteiger partial charge on any atom is 0.407 e. The van der Waals surface area contributed by atoms with Gasteiger partial charge in [0, 0.05) is 31.2 Å². The Morgan fingerprint density at radius 2 is 1.89 bits per heavy atom. The molecule has 0 bridgehead atoms. The van der Waals surface area contributed by atoms with Gasteiger partial charge in [0.25, 0.3) is 5.91 Å². The summed E-state index contributed by atoms with van der Waals surface area (Å²) in [4.78, 5) is 38.5. The monoisotopic (exact) mass is 651 g/mol. The van der Waals surface area contributed by atoms with Gasteiger partial charge in [-0.1, -0.05) is 66.8 Å². The Morgan fingerprint density at radius 3 is 2.58 bits per heavy atom.